The quantitative estimate of drug-likeness (QED) is 0.630. The average molecular weight is 304 g/mol. The molecule has 7 nitrogen and oxygen atoms in total. The molecule has 1 atom stereocenters. The van der Waals surface area contributed by atoms with Gasteiger partial charge in [-0.3, -0.25) is 14.9 Å². The number of nitrogens with zero attached hydrogens (tertiary/aromatic N) is 2. The van der Waals surface area contributed by atoms with Gasteiger partial charge in [-0.15, -0.1) is 0 Å². The Morgan fingerprint density at radius 3 is 2.89 bits per heavy atom. The van der Waals surface area contributed by atoms with E-state index in [1.165, 1.54) is 12.0 Å². The molecule has 0 aliphatic carbocycles. The molecule has 1 unspecified atom stereocenters. The predicted octanol–water partition coefficient (Wildman–Crippen LogP) is 0.434. The van der Waals surface area contributed by atoms with Crippen molar-refractivity contribution in [2.24, 2.45) is 0 Å². The van der Waals surface area contributed by atoms with Crippen molar-refractivity contribution < 1.29 is 19.1 Å². The van der Waals surface area contributed by atoms with Gasteiger partial charge in [0, 0.05) is 0 Å². The van der Waals surface area contributed by atoms with Crippen molar-refractivity contribution >= 4 is 45.9 Å². The average Bonchev–Trinajstić information content (AvgIpc) is 2.74. The first-order valence-corrected chi connectivity index (χ1v) is 6.48. The highest BCUT2D eigenvalue weighted by atomic mass is 35.5. The summed E-state index contributed by atoms with van der Waals surface area (Å²) in [4.78, 5) is 40.0. The summed E-state index contributed by atoms with van der Waals surface area (Å²) in [5.41, 5.74) is 0. The van der Waals surface area contributed by atoms with Crippen molar-refractivity contribution in [3.05, 3.63) is 10.0 Å². The van der Waals surface area contributed by atoms with Crippen molar-refractivity contribution in [3.63, 3.8) is 0 Å². The van der Waals surface area contributed by atoms with Crippen molar-refractivity contribution in [3.8, 4) is 0 Å². The number of piperazine rings is 1. The molecule has 0 saturated carbocycles. The highest BCUT2D eigenvalue weighted by Crippen LogP contribution is 2.31. The maximum absolute atomic E-state index is 11.5. The summed E-state index contributed by atoms with van der Waals surface area (Å²) in [5.74, 6) is -1.44. The third kappa shape index (κ3) is 2.54. The van der Waals surface area contributed by atoms with Crippen molar-refractivity contribution in [2.45, 2.75) is 13.0 Å². The Morgan fingerprint density at radius 2 is 2.26 bits per heavy atom. The number of hydrogen-bond acceptors (Lipinski definition) is 7. The zero-order valence-corrected chi connectivity index (χ0v) is 11.7. The number of esters is 1. The number of methoxy groups -OCH3 is 1. The summed E-state index contributed by atoms with van der Waals surface area (Å²) in [7, 11) is 1.23. The maximum Gasteiger partial charge on any atom is 0.351 e. The third-order valence-corrected chi connectivity index (χ3v) is 4.07. The number of amides is 2. The second-order valence-electron chi connectivity index (χ2n) is 3.82. The van der Waals surface area contributed by atoms with Crippen LogP contribution in [-0.4, -0.2) is 42.5 Å². The summed E-state index contributed by atoms with van der Waals surface area (Å²) in [5, 5.41) is 2.55. The van der Waals surface area contributed by atoms with Gasteiger partial charge in [-0.25, -0.2) is 9.78 Å². The van der Waals surface area contributed by atoms with E-state index < -0.39 is 23.8 Å². The predicted molar refractivity (Wildman–Crippen MR) is 68.4 cm³/mol. The number of imide groups is 1. The Labute approximate surface area is 117 Å². The normalized spacial score (nSPS) is 19.3. The molecule has 1 aliphatic heterocycles. The number of aromatic nitrogens is 1. The van der Waals surface area contributed by atoms with Gasteiger partial charge < -0.3 is 9.64 Å². The molecule has 1 aliphatic rings. The summed E-state index contributed by atoms with van der Waals surface area (Å²) in [6, 6.07) is -0.564. The van der Waals surface area contributed by atoms with E-state index in [0.717, 1.165) is 11.3 Å². The van der Waals surface area contributed by atoms with E-state index in [0.29, 0.717) is 5.13 Å². The Hall–Kier alpha value is -1.67. The first-order chi connectivity index (χ1) is 8.93. The van der Waals surface area contributed by atoms with Crippen LogP contribution >= 0.6 is 22.9 Å². The van der Waals surface area contributed by atoms with E-state index in [1.807, 2.05) is 0 Å². The third-order valence-electron chi connectivity index (χ3n) is 2.61. The molecule has 1 aromatic rings. The molecule has 102 valence electrons. The zero-order chi connectivity index (χ0) is 14.2. The molecule has 2 heterocycles. The van der Waals surface area contributed by atoms with Gasteiger partial charge in [-0.1, -0.05) is 22.9 Å². The molecular weight excluding hydrogens is 294 g/mol. The van der Waals surface area contributed by atoms with Gasteiger partial charge in [-0.05, 0) is 6.92 Å². The second-order valence-corrected chi connectivity index (χ2v) is 5.16. The Morgan fingerprint density at radius 1 is 1.58 bits per heavy atom. The molecule has 1 fully saturated rings. The fourth-order valence-electron chi connectivity index (χ4n) is 1.58. The van der Waals surface area contributed by atoms with E-state index in [-0.39, 0.29) is 16.6 Å². The largest absolute Gasteiger partial charge is 0.465 e. The number of ether oxygens (including phenoxy) is 1. The van der Waals surface area contributed by atoms with Crippen LogP contribution in [0.4, 0.5) is 5.13 Å². The topological polar surface area (TPSA) is 88.6 Å². The number of anilines is 1. The summed E-state index contributed by atoms with van der Waals surface area (Å²) in [6.07, 6.45) is 0. The van der Waals surface area contributed by atoms with Gasteiger partial charge in [0.05, 0.1) is 7.11 Å². The molecule has 9 heteroatoms. The van der Waals surface area contributed by atoms with Crippen molar-refractivity contribution in [1.82, 2.24) is 10.3 Å². The molecule has 0 bridgehead atoms. The van der Waals surface area contributed by atoms with Crippen LogP contribution in [0.5, 0.6) is 0 Å². The van der Waals surface area contributed by atoms with Crippen LogP contribution in [0.25, 0.3) is 0 Å². The van der Waals surface area contributed by atoms with Gasteiger partial charge in [0.25, 0.3) is 0 Å². The van der Waals surface area contributed by atoms with Crippen LogP contribution in [-0.2, 0) is 14.3 Å². The number of halogens is 1. The molecule has 1 N–H and O–H groups in total. The SMILES string of the molecule is COC(=O)c1sc(N2CC(=O)NC(=O)C2C)nc1Cl. The highest BCUT2D eigenvalue weighted by Gasteiger charge is 2.33. The minimum Gasteiger partial charge on any atom is -0.465 e. The zero-order valence-electron chi connectivity index (χ0n) is 10.1. The molecule has 2 rings (SSSR count). The smallest absolute Gasteiger partial charge is 0.351 e. The van der Waals surface area contributed by atoms with E-state index in [2.05, 4.69) is 15.0 Å². The monoisotopic (exact) mass is 303 g/mol. The van der Waals surface area contributed by atoms with Crippen molar-refractivity contribution in [2.75, 3.05) is 18.6 Å². The summed E-state index contributed by atoms with van der Waals surface area (Å²) < 4.78 is 4.57. The second kappa shape index (κ2) is 5.14. The van der Waals surface area contributed by atoms with E-state index in [1.54, 1.807) is 6.92 Å². The molecule has 0 aromatic carbocycles. The van der Waals surface area contributed by atoms with Gasteiger partial charge >= 0.3 is 5.97 Å². The van der Waals surface area contributed by atoms with Crippen LogP contribution < -0.4 is 10.2 Å². The molecule has 0 radical (unpaired) electrons. The number of rotatable bonds is 2. The molecule has 2 amide bonds. The molecule has 1 aromatic heterocycles. The Bertz CT molecular complexity index is 559. The fourth-order valence-corrected chi connectivity index (χ4v) is 2.86. The Kier molecular flexibility index (Phi) is 3.72. The number of carbonyl (C=O) groups excluding carboxylic acids is 3. The van der Waals surface area contributed by atoms with Gasteiger partial charge in [0.2, 0.25) is 11.8 Å². The van der Waals surface area contributed by atoms with Gasteiger partial charge in [0.15, 0.2) is 15.2 Å². The first kappa shape index (κ1) is 13.8. The van der Waals surface area contributed by atoms with Gasteiger partial charge in [0.1, 0.15) is 12.6 Å². The first-order valence-electron chi connectivity index (χ1n) is 5.29. The number of nitrogens with one attached hydrogen (secondary N) is 1. The lowest BCUT2D eigenvalue weighted by molar-refractivity contribution is -0.132. The highest BCUT2D eigenvalue weighted by molar-refractivity contribution is 7.18. The van der Waals surface area contributed by atoms with E-state index in [9.17, 15) is 14.4 Å². The van der Waals surface area contributed by atoms with E-state index in [4.69, 9.17) is 11.6 Å². The minimum absolute atomic E-state index is 0.00233. The van der Waals surface area contributed by atoms with Crippen LogP contribution in [0.2, 0.25) is 5.15 Å². The fraction of sp³-hybridized carbons (Fsp3) is 0.400. The minimum atomic E-state index is -0.603. The number of thiazole rings is 1. The molecule has 0 spiro atoms. The van der Waals surface area contributed by atoms with Crippen molar-refractivity contribution in [1.29, 1.82) is 0 Å². The summed E-state index contributed by atoms with van der Waals surface area (Å²) in [6.45, 7) is 1.62. The van der Waals surface area contributed by atoms with Gasteiger partial charge in [-0.2, -0.15) is 0 Å². The lowest BCUT2D eigenvalue weighted by Crippen LogP contribution is -2.57. The summed E-state index contributed by atoms with van der Waals surface area (Å²) >= 11 is 6.83. The maximum atomic E-state index is 11.5. The molecule has 19 heavy (non-hydrogen) atoms. The molecule has 1 saturated heterocycles. The van der Waals surface area contributed by atoms with Crippen LogP contribution in [0.15, 0.2) is 0 Å². The van der Waals surface area contributed by atoms with E-state index >= 15 is 0 Å². The van der Waals surface area contributed by atoms with Crippen LogP contribution in [0.3, 0.4) is 0 Å². The van der Waals surface area contributed by atoms with Crippen LogP contribution in [0.1, 0.15) is 16.6 Å². The Balaban J connectivity index is 2.33. The standard InChI is InChI=1S/C10H10ClN3O4S/c1-4-8(16)12-5(15)3-14(4)10-13-7(11)6(19-10)9(17)18-2/h4H,3H2,1-2H3,(H,12,15,16). The number of hydrogen-bond donors (Lipinski definition) is 1. The van der Waals surface area contributed by atoms with Crippen LogP contribution in [0, 0.1) is 0 Å². The lowest BCUT2D eigenvalue weighted by Gasteiger charge is -2.31. The number of carbonyl (C=O) groups is 3. The molecular formula is C10H10ClN3O4S. The lowest BCUT2D eigenvalue weighted by atomic mass is 10.2.